The summed E-state index contributed by atoms with van der Waals surface area (Å²) in [5.74, 6) is 1.06. The highest BCUT2D eigenvalue weighted by Gasteiger charge is 2.29. The minimum Gasteiger partial charge on any atom is -0.444 e. The number of likely N-dealkylation sites (tertiary alicyclic amines) is 1. The van der Waals surface area contributed by atoms with Crippen molar-refractivity contribution < 1.29 is 14.3 Å². The van der Waals surface area contributed by atoms with E-state index in [4.69, 9.17) is 4.74 Å². The van der Waals surface area contributed by atoms with E-state index < -0.39 is 11.7 Å². The highest BCUT2D eigenvalue weighted by Crippen LogP contribution is 2.25. The molecule has 5 heteroatoms. The van der Waals surface area contributed by atoms with Crippen molar-refractivity contribution in [3.8, 4) is 0 Å². The van der Waals surface area contributed by atoms with Crippen LogP contribution in [0.15, 0.2) is 0 Å². The molecule has 1 fully saturated rings. The molecule has 0 bridgehead atoms. The molecule has 22 heavy (non-hydrogen) atoms. The van der Waals surface area contributed by atoms with Gasteiger partial charge in [0, 0.05) is 12.6 Å². The van der Waals surface area contributed by atoms with Crippen molar-refractivity contribution >= 4 is 12.0 Å². The van der Waals surface area contributed by atoms with Gasteiger partial charge >= 0.3 is 6.09 Å². The van der Waals surface area contributed by atoms with E-state index in [0.717, 1.165) is 25.8 Å². The van der Waals surface area contributed by atoms with E-state index in [1.54, 1.807) is 20.8 Å². The van der Waals surface area contributed by atoms with E-state index in [2.05, 4.69) is 26.1 Å². The molecule has 1 saturated heterocycles. The van der Waals surface area contributed by atoms with Crippen LogP contribution < -0.4 is 5.32 Å². The van der Waals surface area contributed by atoms with Gasteiger partial charge in [-0.05, 0) is 51.9 Å². The molecule has 0 aromatic rings. The van der Waals surface area contributed by atoms with E-state index in [9.17, 15) is 9.59 Å². The standard InChI is InChI=1S/C17H32N2O3/c1-12(2)14-8-7-13(3)9-10-19(14)15(20)11-18-16(21)22-17(4,5)6/h12-14H,7-11H2,1-6H3,(H,18,21). The summed E-state index contributed by atoms with van der Waals surface area (Å²) < 4.78 is 5.17. The number of hydrogen-bond acceptors (Lipinski definition) is 3. The van der Waals surface area contributed by atoms with Gasteiger partial charge in [-0.1, -0.05) is 20.8 Å². The molecular weight excluding hydrogens is 280 g/mol. The first-order chi connectivity index (χ1) is 10.1. The Morgan fingerprint density at radius 1 is 1.23 bits per heavy atom. The number of rotatable bonds is 3. The van der Waals surface area contributed by atoms with Crippen LogP contribution in [0.5, 0.6) is 0 Å². The quantitative estimate of drug-likeness (QED) is 0.870. The van der Waals surface area contributed by atoms with Gasteiger partial charge in [-0.25, -0.2) is 4.79 Å². The zero-order valence-electron chi connectivity index (χ0n) is 14.9. The third-order valence-corrected chi connectivity index (χ3v) is 4.09. The lowest BCUT2D eigenvalue weighted by Crippen LogP contribution is -2.48. The molecule has 1 N–H and O–H groups in total. The lowest BCUT2D eigenvalue weighted by molar-refractivity contribution is -0.133. The maximum absolute atomic E-state index is 12.5. The summed E-state index contributed by atoms with van der Waals surface area (Å²) in [6, 6.07) is 0.262. The highest BCUT2D eigenvalue weighted by atomic mass is 16.6. The molecule has 5 nitrogen and oxygen atoms in total. The molecule has 0 aromatic carbocycles. The number of carbonyl (C=O) groups is 2. The van der Waals surface area contributed by atoms with Gasteiger partial charge < -0.3 is 15.0 Å². The molecule has 2 unspecified atom stereocenters. The Balaban J connectivity index is 2.59. The minimum atomic E-state index is -0.550. The van der Waals surface area contributed by atoms with Crippen LogP contribution in [0, 0.1) is 11.8 Å². The third-order valence-electron chi connectivity index (χ3n) is 4.09. The Morgan fingerprint density at radius 2 is 1.86 bits per heavy atom. The van der Waals surface area contributed by atoms with E-state index in [1.807, 2.05) is 4.90 Å². The Kier molecular flexibility index (Phi) is 6.69. The fourth-order valence-electron chi connectivity index (χ4n) is 2.85. The molecule has 1 rings (SSSR count). The fraction of sp³-hybridized carbons (Fsp3) is 0.882. The topological polar surface area (TPSA) is 58.6 Å². The van der Waals surface area contributed by atoms with E-state index in [-0.39, 0.29) is 18.5 Å². The summed E-state index contributed by atoms with van der Waals surface area (Å²) in [7, 11) is 0. The molecule has 128 valence electrons. The zero-order valence-corrected chi connectivity index (χ0v) is 14.9. The van der Waals surface area contributed by atoms with Crippen LogP contribution in [0.3, 0.4) is 0 Å². The van der Waals surface area contributed by atoms with Gasteiger partial charge in [0.05, 0.1) is 0 Å². The third kappa shape index (κ3) is 6.24. The first kappa shape index (κ1) is 18.8. The van der Waals surface area contributed by atoms with Gasteiger partial charge in [0.2, 0.25) is 5.91 Å². The van der Waals surface area contributed by atoms with E-state index in [1.165, 1.54) is 0 Å². The van der Waals surface area contributed by atoms with Crippen LogP contribution in [-0.4, -0.2) is 41.6 Å². The predicted molar refractivity (Wildman–Crippen MR) is 87.6 cm³/mol. The van der Waals surface area contributed by atoms with Crippen LogP contribution in [0.4, 0.5) is 4.79 Å². The Bertz CT molecular complexity index is 388. The van der Waals surface area contributed by atoms with Crippen molar-refractivity contribution in [3.63, 3.8) is 0 Å². The van der Waals surface area contributed by atoms with Gasteiger partial charge in [-0.2, -0.15) is 0 Å². The molecule has 0 aromatic heterocycles. The van der Waals surface area contributed by atoms with Crippen molar-refractivity contribution in [1.82, 2.24) is 10.2 Å². The summed E-state index contributed by atoms with van der Waals surface area (Å²) >= 11 is 0. The summed E-state index contributed by atoms with van der Waals surface area (Å²) in [5.41, 5.74) is -0.550. The largest absolute Gasteiger partial charge is 0.444 e. The molecule has 2 atom stereocenters. The molecule has 1 aliphatic heterocycles. The predicted octanol–water partition coefficient (Wildman–Crippen LogP) is 3.18. The van der Waals surface area contributed by atoms with Crippen molar-refractivity contribution in [2.45, 2.75) is 72.4 Å². The van der Waals surface area contributed by atoms with Gasteiger partial charge in [0.1, 0.15) is 12.1 Å². The minimum absolute atomic E-state index is 0.00646. The van der Waals surface area contributed by atoms with Crippen molar-refractivity contribution in [2.24, 2.45) is 11.8 Å². The Morgan fingerprint density at radius 3 is 2.41 bits per heavy atom. The zero-order chi connectivity index (χ0) is 16.9. The van der Waals surface area contributed by atoms with Gasteiger partial charge in [-0.15, -0.1) is 0 Å². The Hall–Kier alpha value is -1.26. The lowest BCUT2D eigenvalue weighted by Gasteiger charge is -2.33. The average molecular weight is 312 g/mol. The van der Waals surface area contributed by atoms with Crippen LogP contribution >= 0.6 is 0 Å². The van der Waals surface area contributed by atoms with Gasteiger partial charge in [0.25, 0.3) is 0 Å². The lowest BCUT2D eigenvalue weighted by atomic mass is 9.95. The van der Waals surface area contributed by atoms with Gasteiger partial charge in [0.15, 0.2) is 0 Å². The van der Waals surface area contributed by atoms with Crippen LogP contribution in [0.1, 0.15) is 60.8 Å². The van der Waals surface area contributed by atoms with Crippen molar-refractivity contribution in [1.29, 1.82) is 0 Å². The summed E-state index contributed by atoms with van der Waals surface area (Å²) in [5, 5.41) is 2.58. The molecular formula is C17H32N2O3. The number of ether oxygens (including phenoxy) is 1. The van der Waals surface area contributed by atoms with Crippen LogP contribution in [0.25, 0.3) is 0 Å². The van der Waals surface area contributed by atoms with Gasteiger partial charge in [-0.3, -0.25) is 4.79 Å². The van der Waals surface area contributed by atoms with Crippen LogP contribution in [-0.2, 0) is 9.53 Å². The molecule has 0 radical (unpaired) electrons. The molecule has 1 heterocycles. The molecule has 0 saturated carbocycles. The Labute approximate surface area is 134 Å². The number of hydrogen-bond donors (Lipinski definition) is 1. The summed E-state index contributed by atoms with van der Waals surface area (Å²) in [6.07, 6.45) is 2.69. The number of amides is 2. The SMILES string of the molecule is CC1CCC(C(C)C)N(C(=O)CNC(=O)OC(C)(C)C)CC1. The first-order valence-corrected chi connectivity index (χ1v) is 8.36. The second kappa shape index (κ2) is 7.84. The second-order valence-electron chi connectivity index (χ2n) is 7.73. The van der Waals surface area contributed by atoms with Crippen molar-refractivity contribution in [3.05, 3.63) is 0 Å². The monoisotopic (exact) mass is 312 g/mol. The number of alkyl carbamates (subject to hydrolysis) is 1. The summed E-state index contributed by atoms with van der Waals surface area (Å²) in [6.45, 7) is 12.7. The molecule has 2 amide bonds. The van der Waals surface area contributed by atoms with Crippen molar-refractivity contribution in [2.75, 3.05) is 13.1 Å². The maximum Gasteiger partial charge on any atom is 0.408 e. The highest BCUT2D eigenvalue weighted by molar-refractivity contribution is 5.82. The fourth-order valence-corrected chi connectivity index (χ4v) is 2.85. The maximum atomic E-state index is 12.5. The molecule has 0 aliphatic carbocycles. The number of carbonyl (C=O) groups excluding carboxylic acids is 2. The average Bonchev–Trinajstić information content (AvgIpc) is 2.56. The normalized spacial score (nSPS) is 23.1. The molecule has 1 aliphatic rings. The smallest absolute Gasteiger partial charge is 0.408 e. The van der Waals surface area contributed by atoms with E-state index in [0.29, 0.717) is 11.8 Å². The first-order valence-electron chi connectivity index (χ1n) is 8.36. The second-order valence-corrected chi connectivity index (χ2v) is 7.73. The molecule has 0 spiro atoms. The number of nitrogens with zero attached hydrogens (tertiary/aromatic N) is 1. The van der Waals surface area contributed by atoms with Crippen LogP contribution in [0.2, 0.25) is 0 Å². The van der Waals surface area contributed by atoms with E-state index >= 15 is 0 Å². The number of nitrogens with one attached hydrogen (secondary N) is 1. The summed E-state index contributed by atoms with van der Waals surface area (Å²) in [4.78, 5) is 26.1.